The van der Waals surface area contributed by atoms with Crippen LogP contribution in [0.25, 0.3) is 17.1 Å². The van der Waals surface area contributed by atoms with Crippen molar-refractivity contribution in [1.82, 2.24) is 4.57 Å². The van der Waals surface area contributed by atoms with Crippen LogP contribution in [0.5, 0.6) is 0 Å². The second-order valence-electron chi connectivity index (χ2n) is 6.04. The maximum absolute atomic E-state index is 12.7. The van der Waals surface area contributed by atoms with E-state index in [-0.39, 0.29) is 11.7 Å². The van der Waals surface area contributed by atoms with E-state index >= 15 is 0 Å². The molecule has 3 nitrogen and oxygen atoms in total. The van der Waals surface area contributed by atoms with Crippen LogP contribution in [-0.4, -0.2) is 18.7 Å². The fourth-order valence-corrected chi connectivity index (χ4v) is 4.65. The first kappa shape index (κ1) is 14.3. The summed E-state index contributed by atoms with van der Waals surface area (Å²) in [5, 5.41) is 1.14. The fraction of sp³-hybridized carbons (Fsp3) is 0.158. The molecule has 23 heavy (non-hydrogen) atoms. The number of rotatable bonds is 3. The lowest BCUT2D eigenvalue weighted by atomic mass is 10.1. The molecule has 4 heteroatoms. The number of fused-ring (bicyclic) bond motifs is 3. The van der Waals surface area contributed by atoms with Crippen LogP contribution in [0.15, 0.2) is 65.6 Å². The molecule has 0 amide bonds. The summed E-state index contributed by atoms with van der Waals surface area (Å²) in [6.07, 6.45) is 3.96. The van der Waals surface area contributed by atoms with Gasteiger partial charge in [-0.25, -0.2) is 8.42 Å². The Labute approximate surface area is 135 Å². The van der Waals surface area contributed by atoms with Crippen molar-refractivity contribution in [1.29, 1.82) is 0 Å². The monoisotopic (exact) mass is 323 g/mol. The van der Waals surface area contributed by atoms with Gasteiger partial charge in [0.1, 0.15) is 0 Å². The second kappa shape index (κ2) is 5.10. The third-order valence-electron chi connectivity index (χ3n) is 4.40. The van der Waals surface area contributed by atoms with Crippen molar-refractivity contribution >= 4 is 26.9 Å². The lowest BCUT2D eigenvalue weighted by Crippen LogP contribution is -2.13. The molecule has 116 valence electrons. The van der Waals surface area contributed by atoms with E-state index in [4.69, 9.17) is 0 Å². The maximum Gasteiger partial charge on any atom is 0.179 e. The van der Waals surface area contributed by atoms with Crippen molar-refractivity contribution < 1.29 is 8.42 Å². The average Bonchev–Trinajstić information content (AvgIpc) is 3.08. The Hall–Kier alpha value is -2.33. The molecule has 0 radical (unpaired) electrons. The largest absolute Gasteiger partial charge is 0.320 e. The van der Waals surface area contributed by atoms with E-state index in [9.17, 15) is 8.42 Å². The van der Waals surface area contributed by atoms with Gasteiger partial charge in [-0.05, 0) is 31.2 Å². The number of allylic oxidation sites excluding steroid dienone is 1. The highest BCUT2D eigenvalue weighted by Gasteiger charge is 2.26. The summed E-state index contributed by atoms with van der Waals surface area (Å²) in [6, 6.07) is 17.3. The van der Waals surface area contributed by atoms with Crippen LogP contribution >= 0.6 is 0 Å². The highest BCUT2D eigenvalue weighted by atomic mass is 32.2. The Morgan fingerprint density at radius 1 is 1.04 bits per heavy atom. The van der Waals surface area contributed by atoms with E-state index in [1.54, 1.807) is 12.1 Å². The minimum absolute atomic E-state index is 0.100. The molecule has 0 aliphatic carbocycles. The van der Waals surface area contributed by atoms with Crippen LogP contribution in [0.3, 0.4) is 0 Å². The summed E-state index contributed by atoms with van der Waals surface area (Å²) < 4.78 is 27.5. The van der Waals surface area contributed by atoms with Crippen molar-refractivity contribution in [3.63, 3.8) is 0 Å². The lowest BCUT2D eigenvalue weighted by Gasteiger charge is -2.10. The smallest absolute Gasteiger partial charge is 0.179 e. The number of hydrogen-bond acceptors (Lipinski definition) is 2. The Morgan fingerprint density at radius 2 is 1.78 bits per heavy atom. The normalized spacial score (nSPS) is 16.8. The number of aromatic nitrogens is 1. The summed E-state index contributed by atoms with van der Waals surface area (Å²) in [6.45, 7) is 1.95. The average molecular weight is 323 g/mol. The summed E-state index contributed by atoms with van der Waals surface area (Å²) in [5.41, 5.74) is 3.22. The molecule has 1 unspecified atom stereocenters. The van der Waals surface area contributed by atoms with Gasteiger partial charge in [0.2, 0.25) is 0 Å². The first-order valence-electron chi connectivity index (χ1n) is 7.62. The van der Waals surface area contributed by atoms with E-state index in [2.05, 4.69) is 22.8 Å². The van der Waals surface area contributed by atoms with E-state index < -0.39 is 9.84 Å². The van der Waals surface area contributed by atoms with Crippen molar-refractivity contribution in [2.24, 2.45) is 0 Å². The molecule has 3 aromatic rings. The Kier molecular flexibility index (Phi) is 3.16. The molecule has 1 aromatic heterocycles. The molecule has 0 bridgehead atoms. The zero-order chi connectivity index (χ0) is 16.0. The van der Waals surface area contributed by atoms with Crippen molar-refractivity contribution in [2.75, 3.05) is 5.75 Å². The molecule has 0 spiro atoms. The SMILES string of the molecule is Cc1ccc(S(=O)(=O)CC2C=Cn3c2cc2ccccc23)cc1. The molecular weight excluding hydrogens is 306 g/mol. The predicted octanol–water partition coefficient (Wildman–Crippen LogP) is 3.99. The molecule has 0 saturated heterocycles. The lowest BCUT2D eigenvalue weighted by molar-refractivity contribution is 0.593. The molecule has 2 heterocycles. The Morgan fingerprint density at radius 3 is 2.57 bits per heavy atom. The molecule has 1 atom stereocenters. The summed E-state index contributed by atoms with van der Waals surface area (Å²) >= 11 is 0. The van der Waals surface area contributed by atoms with Gasteiger partial charge in [0.25, 0.3) is 0 Å². The van der Waals surface area contributed by atoms with Gasteiger partial charge in [-0.15, -0.1) is 0 Å². The highest BCUT2D eigenvalue weighted by molar-refractivity contribution is 7.91. The zero-order valence-corrected chi connectivity index (χ0v) is 13.6. The first-order valence-corrected chi connectivity index (χ1v) is 9.27. The maximum atomic E-state index is 12.7. The molecule has 2 aromatic carbocycles. The quantitative estimate of drug-likeness (QED) is 0.731. The molecule has 0 fully saturated rings. The number of aryl methyl sites for hydroxylation is 1. The van der Waals surface area contributed by atoms with Gasteiger partial charge >= 0.3 is 0 Å². The molecule has 0 N–H and O–H groups in total. The molecule has 1 aliphatic rings. The molecule has 0 saturated carbocycles. The second-order valence-corrected chi connectivity index (χ2v) is 8.07. The topological polar surface area (TPSA) is 39.1 Å². The van der Waals surface area contributed by atoms with Gasteiger partial charge in [0.05, 0.1) is 16.2 Å². The van der Waals surface area contributed by atoms with Gasteiger partial charge in [-0.2, -0.15) is 0 Å². The van der Waals surface area contributed by atoms with Crippen molar-refractivity contribution in [3.8, 4) is 0 Å². The van der Waals surface area contributed by atoms with Crippen LogP contribution in [0.1, 0.15) is 17.2 Å². The van der Waals surface area contributed by atoms with E-state index in [1.165, 1.54) is 0 Å². The number of benzene rings is 2. The predicted molar refractivity (Wildman–Crippen MR) is 93.2 cm³/mol. The fourth-order valence-electron chi connectivity index (χ4n) is 3.16. The van der Waals surface area contributed by atoms with Crippen LogP contribution in [-0.2, 0) is 9.84 Å². The number of para-hydroxylation sites is 1. The molecular formula is C19H17NO2S. The molecule has 4 rings (SSSR count). The van der Waals surface area contributed by atoms with Gasteiger partial charge < -0.3 is 4.57 Å². The minimum atomic E-state index is -3.31. The number of sulfone groups is 1. The standard InChI is InChI=1S/C19H17NO2S/c1-14-6-8-17(9-7-14)23(21,22)13-16-10-11-20-18-5-3-2-4-15(18)12-19(16)20/h2-12,16H,13H2,1H3. The van der Waals surface area contributed by atoms with E-state index in [1.807, 2.05) is 43.5 Å². The summed E-state index contributed by atoms with van der Waals surface area (Å²) in [7, 11) is -3.31. The third kappa shape index (κ3) is 2.39. The number of hydrogen-bond donors (Lipinski definition) is 0. The Bertz CT molecular complexity index is 1010. The summed E-state index contributed by atoms with van der Waals surface area (Å²) in [4.78, 5) is 0.395. The van der Waals surface area contributed by atoms with Crippen LogP contribution in [0.4, 0.5) is 0 Å². The van der Waals surface area contributed by atoms with Crippen molar-refractivity contribution in [2.45, 2.75) is 17.7 Å². The van der Waals surface area contributed by atoms with Crippen LogP contribution < -0.4 is 0 Å². The van der Waals surface area contributed by atoms with E-state index in [0.717, 1.165) is 22.2 Å². The van der Waals surface area contributed by atoms with E-state index in [0.29, 0.717) is 4.90 Å². The first-order chi connectivity index (χ1) is 11.0. The zero-order valence-electron chi connectivity index (χ0n) is 12.8. The van der Waals surface area contributed by atoms with Crippen molar-refractivity contribution in [3.05, 3.63) is 71.9 Å². The Balaban J connectivity index is 1.69. The summed E-state index contributed by atoms with van der Waals surface area (Å²) in [5.74, 6) is -0.00297. The van der Waals surface area contributed by atoms with Crippen LogP contribution in [0, 0.1) is 6.92 Å². The molecule has 1 aliphatic heterocycles. The van der Waals surface area contributed by atoms with Gasteiger partial charge in [0.15, 0.2) is 9.84 Å². The minimum Gasteiger partial charge on any atom is -0.320 e. The van der Waals surface area contributed by atoms with Crippen LogP contribution in [0.2, 0.25) is 0 Å². The van der Waals surface area contributed by atoms with Gasteiger partial charge in [0, 0.05) is 23.2 Å². The number of nitrogens with zero attached hydrogens (tertiary/aromatic N) is 1. The van der Waals surface area contributed by atoms with Gasteiger partial charge in [-0.1, -0.05) is 42.0 Å². The third-order valence-corrected chi connectivity index (χ3v) is 6.19. The highest BCUT2D eigenvalue weighted by Crippen LogP contribution is 2.33. The van der Waals surface area contributed by atoms with Gasteiger partial charge in [-0.3, -0.25) is 0 Å².